The summed E-state index contributed by atoms with van der Waals surface area (Å²) in [5, 5.41) is 0. The van der Waals surface area contributed by atoms with E-state index >= 15 is 0 Å². The summed E-state index contributed by atoms with van der Waals surface area (Å²) in [4.78, 5) is 6.42. The van der Waals surface area contributed by atoms with Crippen LogP contribution >= 0.6 is 0 Å². The maximum atomic E-state index is 3.67. The van der Waals surface area contributed by atoms with Gasteiger partial charge in [0.05, 0.1) is 6.33 Å². The Morgan fingerprint density at radius 3 is 2.50 bits per heavy atom. The van der Waals surface area contributed by atoms with Gasteiger partial charge in [0.25, 0.3) is 0 Å². The first-order chi connectivity index (χ1) is 2.50. The molecule has 1 heterocycles. The Kier molecular flexibility index (Phi) is 2.08. The lowest BCUT2D eigenvalue weighted by atomic mass is 11.0. The number of aromatic nitrogens is 2. The first-order valence-corrected chi connectivity index (χ1v) is 1.43. The van der Waals surface area contributed by atoms with Crippen molar-refractivity contribution in [2.75, 3.05) is 0 Å². The molecule has 0 amide bonds. The van der Waals surface area contributed by atoms with Crippen LogP contribution in [-0.4, -0.2) is 9.97 Å². The van der Waals surface area contributed by atoms with Crippen LogP contribution in [0.2, 0.25) is 0 Å². The van der Waals surface area contributed by atoms with Crippen molar-refractivity contribution >= 4 is 0 Å². The van der Waals surface area contributed by atoms with Gasteiger partial charge < -0.3 is 4.98 Å². The lowest BCUT2D eigenvalue weighted by Crippen LogP contribution is -1.44. The van der Waals surface area contributed by atoms with E-state index in [1.807, 2.05) is 0 Å². The highest BCUT2D eigenvalue weighted by Crippen LogP contribution is 1.62. The lowest BCUT2D eigenvalue weighted by molar-refractivity contribution is 0.686. The third-order valence-corrected chi connectivity index (χ3v) is 0.406. The van der Waals surface area contributed by atoms with Gasteiger partial charge >= 0.3 is 0 Å². The van der Waals surface area contributed by atoms with E-state index in [2.05, 4.69) is 9.97 Å². The molecule has 0 spiro atoms. The fourth-order valence-corrected chi connectivity index (χ4v) is 0.215. The van der Waals surface area contributed by atoms with Crippen LogP contribution in [-0.2, 0) is 5.48 Å². The molecule has 0 aliphatic heterocycles. The van der Waals surface area contributed by atoms with Gasteiger partial charge in [-0.2, -0.15) is 0 Å². The van der Waals surface area contributed by atoms with Crippen molar-refractivity contribution in [1.82, 2.24) is 9.97 Å². The van der Waals surface area contributed by atoms with Crippen molar-refractivity contribution in [3.63, 3.8) is 0 Å². The molecule has 32 valence electrons. The van der Waals surface area contributed by atoms with Gasteiger partial charge in [-0.3, -0.25) is 0 Å². The summed E-state index contributed by atoms with van der Waals surface area (Å²) in [6.07, 6.45) is 5.08. The average molecular weight is 84.1 g/mol. The molecular formula is C3H4N2O. The van der Waals surface area contributed by atoms with Crippen LogP contribution in [0.4, 0.5) is 0 Å². The van der Waals surface area contributed by atoms with Crippen LogP contribution < -0.4 is 0 Å². The van der Waals surface area contributed by atoms with Crippen molar-refractivity contribution in [3.8, 4) is 0 Å². The molecule has 0 aliphatic carbocycles. The lowest BCUT2D eigenvalue weighted by Gasteiger charge is -1.46. The number of hydrogen-bond acceptors (Lipinski definition) is 1. The molecule has 0 bridgehead atoms. The third kappa shape index (κ3) is 0.858. The zero-order chi connectivity index (χ0) is 3.54. The van der Waals surface area contributed by atoms with Gasteiger partial charge in [0.1, 0.15) is 0 Å². The van der Waals surface area contributed by atoms with Crippen molar-refractivity contribution in [3.05, 3.63) is 18.7 Å². The summed E-state index contributed by atoms with van der Waals surface area (Å²) in [5.41, 5.74) is 0. The summed E-state index contributed by atoms with van der Waals surface area (Å²) in [6.45, 7) is 0. The van der Waals surface area contributed by atoms with Gasteiger partial charge in [0.2, 0.25) is 0 Å². The van der Waals surface area contributed by atoms with Gasteiger partial charge in [0.15, 0.2) is 0 Å². The highest BCUT2D eigenvalue weighted by atomic mass is 16.0. The molecule has 1 N–H and O–H groups in total. The van der Waals surface area contributed by atoms with E-state index in [1.165, 1.54) is 0 Å². The van der Waals surface area contributed by atoms with E-state index in [0.29, 0.717) is 0 Å². The number of nitrogens with zero attached hydrogens (tertiary/aromatic N) is 1. The Bertz CT molecular complexity index is 65.3. The maximum absolute atomic E-state index is 3.67. The summed E-state index contributed by atoms with van der Waals surface area (Å²) >= 11 is 0. The second kappa shape index (κ2) is 2.41. The summed E-state index contributed by atoms with van der Waals surface area (Å²) in [5.74, 6) is 0. The molecule has 1 rings (SSSR count). The molecule has 0 unspecified atom stereocenters. The van der Waals surface area contributed by atoms with Crippen molar-refractivity contribution in [2.45, 2.75) is 0 Å². The van der Waals surface area contributed by atoms with E-state index < -0.39 is 0 Å². The molecule has 3 nitrogen and oxygen atoms in total. The molecule has 2 radical (unpaired) electrons. The van der Waals surface area contributed by atoms with Gasteiger partial charge in [-0.25, -0.2) is 4.98 Å². The second-order valence-corrected chi connectivity index (χ2v) is 0.761. The van der Waals surface area contributed by atoms with Gasteiger partial charge in [0, 0.05) is 17.9 Å². The van der Waals surface area contributed by atoms with Crippen LogP contribution in [0.3, 0.4) is 0 Å². The van der Waals surface area contributed by atoms with Gasteiger partial charge in [-0.1, -0.05) is 0 Å². The zero-order valence-electron chi connectivity index (χ0n) is 3.09. The van der Waals surface area contributed by atoms with Crippen LogP contribution in [0.1, 0.15) is 0 Å². The Balaban J connectivity index is 0.000000250. The summed E-state index contributed by atoms with van der Waals surface area (Å²) in [7, 11) is 0. The van der Waals surface area contributed by atoms with Crippen LogP contribution in [0.5, 0.6) is 0 Å². The van der Waals surface area contributed by atoms with Crippen LogP contribution in [0.25, 0.3) is 0 Å². The fourth-order valence-electron chi connectivity index (χ4n) is 0.215. The molecule has 0 saturated heterocycles. The molecule has 1 aromatic heterocycles. The van der Waals surface area contributed by atoms with Gasteiger partial charge in [-0.15, -0.1) is 0 Å². The first-order valence-electron chi connectivity index (χ1n) is 1.43. The van der Waals surface area contributed by atoms with E-state index in [-0.39, 0.29) is 5.48 Å². The highest BCUT2D eigenvalue weighted by Gasteiger charge is 1.56. The Morgan fingerprint density at radius 1 is 1.50 bits per heavy atom. The fraction of sp³-hybridized carbons (Fsp3) is 0. The Morgan fingerprint density at radius 2 is 2.33 bits per heavy atom. The number of aromatic amines is 1. The maximum Gasteiger partial charge on any atom is 0.0919 e. The number of rotatable bonds is 0. The minimum atomic E-state index is 0. The third-order valence-electron chi connectivity index (χ3n) is 0.406. The molecular weight excluding hydrogens is 80.0 g/mol. The number of H-pyrrole nitrogens is 1. The van der Waals surface area contributed by atoms with E-state index in [4.69, 9.17) is 0 Å². The van der Waals surface area contributed by atoms with Crippen molar-refractivity contribution in [1.29, 1.82) is 0 Å². The molecule has 0 saturated carbocycles. The molecule has 6 heavy (non-hydrogen) atoms. The van der Waals surface area contributed by atoms with Crippen LogP contribution in [0.15, 0.2) is 18.7 Å². The number of nitrogens with one attached hydrogen (secondary N) is 1. The monoisotopic (exact) mass is 84.0 g/mol. The van der Waals surface area contributed by atoms with E-state index in [0.717, 1.165) is 0 Å². The second-order valence-electron chi connectivity index (χ2n) is 0.761. The quantitative estimate of drug-likeness (QED) is 0.482. The smallest absolute Gasteiger partial charge is 0.0919 e. The molecule has 1 aromatic rings. The SMILES string of the molecule is [O].c1c[nH]cn1. The van der Waals surface area contributed by atoms with Crippen molar-refractivity contribution < 1.29 is 5.48 Å². The average Bonchev–Trinajstić information content (AvgIpc) is 1.76. The zero-order valence-corrected chi connectivity index (χ0v) is 3.09. The molecule has 0 aromatic carbocycles. The van der Waals surface area contributed by atoms with Gasteiger partial charge in [-0.05, 0) is 0 Å². The normalized spacial score (nSPS) is 6.67. The topological polar surface area (TPSA) is 57.2 Å². The summed E-state index contributed by atoms with van der Waals surface area (Å²) in [6, 6.07) is 0. The highest BCUT2D eigenvalue weighted by molar-refractivity contribution is 4.64. The molecule has 0 fully saturated rings. The van der Waals surface area contributed by atoms with E-state index in [1.54, 1.807) is 18.7 Å². The Labute approximate surface area is 35.3 Å². The summed E-state index contributed by atoms with van der Waals surface area (Å²) < 4.78 is 0. The first kappa shape index (κ1) is 5.17. The predicted molar refractivity (Wildman–Crippen MR) is 19.3 cm³/mol. The minimum Gasteiger partial charge on any atom is -0.351 e. The predicted octanol–water partition coefficient (Wildman–Crippen LogP) is 0.291. The molecule has 0 atom stereocenters. The number of imidazole rings is 1. The Hall–Kier alpha value is -0.830. The standard InChI is InChI=1S/C3H4N2.O/c1-2-5-3-4-1;/h1-3H,(H,4,5);. The number of hydrogen-bond donors (Lipinski definition) is 1. The van der Waals surface area contributed by atoms with E-state index in [9.17, 15) is 0 Å². The van der Waals surface area contributed by atoms with Crippen LogP contribution in [0, 0.1) is 0 Å². The largest absolute Gasteiger partial charge is 0.351 e. The molecule has 0 aliphatic rings. The minimum absolute atomic E-state index is 0. The molecule has 3 heteroatoms. The van der Waals surface area contributed by atoms with Crippen molar-refractivity contribution in [2.24, 2.45) is 0 Å².